The van der Waals surface area contributed by atoms with E-state index in [1.165, 1.54) is 0 Å². The molecule has 0 N–H and O–H groups in total. The summed E-state index contributed by atoms with van der Waals surface area (Å²) in [5.41, 5.74) is 0. The van der Waals surface area contributed by atoms with E-state index in [9.17, 15) is 19.2 Å². The Kier molecular flexibility index (Phi) is 14.4. The Bertz CT molecular complexity index is 1040. The van der Waals surface area contributed by atoms with Crippen LogP contribution < -0.4 is 0 Å². The molecule has 0 aromatic heterocycles. The maximum atomic E-state index is 13.1. The van der Waals surface area contributed by atoms with Crippen molar-refractivity contribution in [3.05, 3.63) is 0 Å². The normalized spacial score (nSPS) is 45.2. The minimum absolute atomic E-state index is 0.119. The van der Waals surface area contributed by atoms with Gasteiger partial charge in [-0.05, 0) is 107 Å². The smallest absolute Gasteiger partial charge is 0.311 e. The van der Waals surface area contributed by atoms with E-state index < -0.39 is 23.7 Å². The van der Waals surface area contributed by atoms with Gasteiger partial charge in [0.25, 0.3) is 0 Å². The summed E-state index contributed by atoms with van der Waals surface area (Å²) in [6, 6.07) is 0. The number of hydrogen-bond acceptors (Lipinski definition) is 12. The Morgan fingerprint density at radius 1 is 0.327 bits per heavy atom. The van der Waals surface area contributed by atoms with Gasteiger partial charge in [-0.25, -0.2) is 0 Å². The lowest BCUT2D eigenvalue weighted by Crippen LogP contribution is -2.34. The van der Waals surface area contributed by atoms with Crippen molar-refractivity contribution in [3.63, 3.8) is 0 Å². The SMILES string of the molecule is C[C@@H]1CC2CCC(O2)[C@H](C)C(=O)O[C@@H](C)C[C@@H]2CC[C@@H](O2)[C@@H](C)C(=O)O[C@H](C)CC2CC[C@H](O2)[C@H](C)C(=O)O[C@@H](C)C[C@@H]2CC[C@@H](O2)[C@@H](C)C(=O)O1. The lowest BCUT2D eigenvalue weighted by Gasteiger charge is -2.26. The number of esters is 4. The van der Waals surface area contributed by atoms with Crippen molar-refractivity contribution < 1.29 is 57.1 Å². The standard InChI is InChI=1S/C40H64O12/c1-21-17-29-9-13-34(49-29)26(6)38(42)46-23(3)19-31-11-15-36(51-31)28(8)40(44)48-24(4)20-32-12-16-35(52-32)27(7)39(43)47-22(2)18-30-10-14-33(50-30)25(5)37(41)45-21/h21-36H,9-20H2,1-8H3/t21-,22+,23+,24-,25-,26+,27+,28-,29-,30?,31?,32-,33-,34+,35+,36?/m0/s1. The van der Waals surface area contributed by atoms with Gasteiger partial charge in [-0.2, -0.15) is 0 Å². The molecular weight excluding hydrogens is 672 g/mol. The number of cyclic esters (lactones) is 4. The maximum Gasteiger partial charge on any atom is 0.311 e. The van der Waals surface area contributed by atoms with Crippen LogP contribution in [0.3, 0.4) is 0 Å². The van der Waals surface area contributed by atoms with Crippen LogP contribution in [0, 0.1) is 23.7 Å². The number of hydrogen-bond donors (Lipinski definition) is 0. The largest absolute Gasteiger partial charge is 0.462 e. The highest BCUT2D eigenvalue weighted by molar-refractivity contribution is 5.74. The first-order chi connectivity index (χ1) is 24.7. The summed E-state index contributed by atoms with van der Waals surface area (Å²) in [4.78, 5) is 52.4. The van der Waals surface area contributed by atoms with Crippen molar-refractivity contribution in [2.75, 3.05) is 0 Å². The molecule has 12 heteroatoms. The summed E-state index contributed by atoms with van der Waals surface area (Å²) < 4.78 is 48.4. The second-order valence-corrected chi connectivity index (χ2v) is 16.6. The molecule has 0 amide bonds. The highest BCUT2D eigenvalue weighted by atomic mass is 16.6. The van der Waals surface area contributed by atoms with Crippen LogP contribution in [-0.4, -0.2) is 97.1 Å². The van der Waals surface area contributed by atoms with Gasteiger partial charge in [0.2, 0.25) is 0 Å². The van der Waals surface area contributed by atoms with Crippen LogP contribution in [0.25, 0.3) is 0 Å². The van der Waals surface area contributed by atoms with Gasteiger partial charge in [0.1, 0.15) is 24.4 Å². The first kappa shape index (κ1) is 40.9. The van der Waals surface area contributed by atoms with E-state index in [4.69, 9.17) is 37.9 Å². The molecule has 0 aromatic rings. The van der Waals surface area contributed by atoms with Crippen LogP contribution in [-0.2, 0) is 57.1 Å². The molecule has 5 saturated heterocycles. The lowest BCUT2D eigenvalue weighted by molar-refractivity contribution is -0.161. The molecule has 0 saturated carbocycles. The van der Waals surface area contributed by atoms with E-state index in [1.54, 1.807) is 0 Å². The topological polar surface area (TPSA) is 142 Å². The minimum Gasteiger partial charge on any atom is -0.462 e. The zero-order valence-corrected chi connectivity index (χ0v) is 32.6. The van der Waals surface area contributed by atoms with Gasteiger partial charge >= 0.3 is 23.9 Å². The molecule has 5 aliphatic rings. The first-order valence-electron chi connectivity index (χ1n) is 20.1. The van der Waals surface area contributed by atoms with Crippen molar-refractivity contribution in [2.45, 2.75) is 206 Å². The summed E-state index contributed by atoms with van der Waals surface area (Å²) in [5, 5.41) is 0. The molecule has 16 atom stereocenters. The first-order valence-corrected chi connectivity index (χ1v) is 20.1. The number of carbonyl (C=O) groups excluding carboxylic acids is 4. The summed E-state index contributed by atoms with van der Waals surface area (Å²) in [5.74, 6) is -2.93. The summed E-state index contributed by atoms with van der Waals surface area (Å²) in [6.07, 6.45) is 5.22. The molecule has 52 heavy (non-hydrogen) atoms. The second-order valence-electron chi connectivity index (χ2n) is 16.6. The number of ether oxygens (including phenoxy) is 8. The van der Waals surface area contributed by atoms with E-state index in [0.717, 1.165) is 51.4 Å². The predicted molar refractivity (Wildman–Crippen MR) is 189 cm³/mol. The molecule has 296 valence electrons. The fourth-order valence-electron chi connectivity index (χ4n) is 8.60. The van der Waals surface area contributed by atoms with Gasteiger partial charge < -0.3 is 37.9 Å². The quantitative estimate of drug-likeness (QED) is 0.212. The van der Waals surface area contributed by atoms with E-state index >= 15 is 0 Å². The number of rotatable bonds is 0. The zero-order chi connectivity index (χ0) is 37.7. The van der Waals surface area contributed by atoms with Gasteiger partial charge in [-0.3, -0.25) is 19.2 Å². The van der Waals surface area contributed by atoms with Crippen molar-refractivity contribution in [3.8, 4) is 0 Å². The number of fused-ring (bicyclic) bond motifs is 8. The van der Waals surface area contributed by atoms with Crippen LogP contribution in [0.15, 0.2) is 0 Å². The summed E-state index contributed by atoms with van der Waals surface area (Å²) >= 11 is 0. The molecule has 5 heterocycles. The second kappa shape index (κ2) is 18.4. The predicted octanol–water partition coefficient (Wildman–Crippen LogP) is 6.02. The summed E-state index contributed by atoms with van der Waals surface area (Å²) in [6.45, 7) is 14.9. The Labute approximate surface area is 309 Å². The van der Waals surface area contributed by atoms with Crippen LogP contribution >= 0.6 is 0 Å². The van der Waals surface area contributed by atoms with Crippen LogP contribution in [0.4, 0.5) is 0 Å². The number of carbonyl (C=O) groups is 4. The molecule has 3 unspecified atom stereocenters. The molecule has 5 fully saturated rings. The molecule has 0 radical (unpaired) electrons. The minimum atomic E-state index is -0.434. The van der Waals surface area contributed by atoms with E-state index in [2.05, 4.69) is 0 Å². The Hall–Kier alpha value is -2.28. The fourth-order valence-corrected chi connectivity index (χ4v) is 8.60. The molecule has 0 spiro atoms. The fraction of sp³-hybridized carbons (Fsp3) is 0.900. The van der Waals surface area contributed by atoms with E-state index in [1.807, 2.05) is 55.4 Å². The highest BCUT2D eigenvalue weighted by Gasteiger charge is 2.41. The molecule has 0 aromatic carbocycles. The van der Waals surface area contributed by atoms with Gasteiger partial charge in [0, 0.05) is 25.7 Å². The van der Waals surface area contributed by atoms with Crippen molar-refractivity contribution in [1.82, 2.24) is 0 Å². The third kappa shape index (κ3) is 10.9. The van der Waals surface area contributed by atoms with Crippen molar-refractivity contribution in [2.24, 2.45) is 23.7 Å². The van der Waals surface area contributed by atoms with Crippen LogP contribution in [0.1, 0.15) is 132 Å². The average Bonchev–Trinajstić information content (AvgIpc) is 3.91. The summed E-state index contributed by atoms with van der Waals surface area (Å²) in [7, 11) is 0. The molecule has 12 nitrogen and oxygen atoms in total. The van der Waals surface area contributed by atoms with Gasteiger partial charge in [-0.15, -0.1) is 0 Å². The molecule has 5 rings (SSSR count). The monoisotopic (exact) mass is 736 g/mol. The third-order valence-electron chi connectivity index (χ3n) is 11.9. The van der Waals surface area contributed by atoms with Crippen molar-refractivity contribution >= 4 is 23.9 Å². The Morgan fingerprint density at radius 3 is 0.712 bits per heavy atom. The maximum absolute atomic E-state index is 13.1. The average molecular weight is 737 g/mol. The highest BCUT2D eigenvalue weighted by Crippen LogP contribution is 2.34. The molecule has 0 aliphatic carbocycles. The molecule has 5 aliphatic heterocycles. The van der Waals surface area contributed by atoms with Gasteiger partial charge in [0.15, 0.2) is 0 Å². The zero-order valence-electron chi connectivity index (χ0n) is 32.6. The van der Waals surface area contributed by atoms with E-state index in [0.29, 0.717) is 25.7 Å². The Balaban J connectivity index is 1.19. The molecular formula is C40H64O12. The third-order valence-corrected chi connectivity index (χ3v) is 11.9. The van der Waals surface area contributed by atoms with Crippen LogP contribution in [0.2, 0.25) is 0 Å². The van der Waals surface area contributed by atoms with Crippen LogP contribution in [0.5, 0.6) is 0 Å². The van der Waals surface area contributed by atoms with Crippen molar-refractivity contribution in [1.29, 1.82) is 0 Å². The Morgan fingerprint density at radius 2 is 0.519 bits per heavy atom. The van der Waals surface area contributed by atoms with Gasteiger partial charge in [-0.1, -0.05) is 0 Å². The van der Waals surface area contributed by atoms with Gasteiger partial charge in [0.05, 0.1) is 72.5 Å². The molecule has 8 bridgehead atoms. The van der Waals surface area contributed by atoms with E-state index in [-0.39, 0.29) is 97.1 Å². The lowest BCUT2D eigenvalue weighted by atomic mass is 10.00.